The van der Waals surface area contributed by atoms with Crippen molar-refractivity contribution in [3.8, 4) is 11.5 Å². The van der Waals surface area contributed by atoms with E-state index in [1.165, 1.54) is 25.7 Å². The van der Waals surface area contributed by atoms with E-state index in [-0.39, 0.29) is 18.7 Å². The van der Waals surface area contributed by atoms with Crippen LogP contribution in [0.15, 0.2) is 18.2 Å². The lowest BCUT2D eigenvalue weighted by Gasteiger charge is -2.14. The number of fused-ring (bicyclic) bond motifs is 1. The van der Waals surface area contributed by atoms with Gasteiger partial charge in [-0.2, -0.15) is 0 Å². The van der Waals surface area contributed by atoms with Crippen LogP contribution >= 0.6 is 0 Å². The van der Waals surface area contributed by atoms with Crippen molar-refractivity contribution in [2.75, 3.05) is 6.79 Å². The zero-order valence-corrected chi connectivity index (χ0v) is 14.6. The molecule has 1 aromatic rings. The number of carbonyl (C=O) groups excluding carboxylic acids is 2. The van der Waals surface area contributed by atoms with E-state index in [0.29, 0.717) is 30.4 Å². The fourth-order valence-corrected chi connectivity index (χ4v) is 3.31. The molecule has 0 saturated heterocycles. The van der Waals surface area contributed by atoms with Gasteiger partial charge in [0.05, 0.1) is 0 Å². The molecule has 1 atom stereocenters. The van der Waals surface area contributed by atoms with Crippen LogP contribution in [0.25, 0.3) is 0 Å². The molecular formula is C19H25NO5. The van der Waals surface area contributed by atoms with Crippen LogP contribution in [0.5, 0.6) is 11.5 Å². The molecule has 2 aliphatic rings. The van der Waals surface area contributed by atoms with Gasteiger partial charge < -0.3 is 19.5 Å². The summed E-state index contributed by atoms with van der Waals surface area (Å²) in [5.74, 6) is 1.44. The predicted octanol–water partition coefficient (Wildman–Crippen LogP) is 2.93. The van der Waals surface area contributed by atoms with E-state index in [1.54, 1.807) is 6.92 Å². The molecule has 0 bridgehead atoms. The van der Waals surface area contributed by atoms with Crippen molar-refractivity contribution in [1.29, 1.82) is 0 Å². The maximum Gasteiger partial charge on any atom is 0.306 e. The second kappa shape index (κ2) is 8.23. The first-order chi connectivity index (χ1) is 12.1. The van der Waals surface area contributed by atoms with Crippen LogP contribution in [0.4, 0.5) is 0 Å². The minimum Gasteiger partial charge on any atom is -0.454 e. The van der Waals surface area contributed by atoms with Crippen molar-refractivity contribution in [2.45, 2.75) is 58.1 Å². The molecular weight excluding hydrogens is 322 g/mol. The zero-order chi connectivity index (χ0) is 17.6. The van der Waals surface area contributed by atoms with Crippen molar-refractivity contribution in [1.82, 2.24) is 5.32 Å². The number of nitrogens with one attached hydrogen (secondary N) is 1. The van der Waals surface area contributed by atoms with E-state index in [9.17, 15) is 9.59 Å². The highest BCUT2D eigenvalue weighted by Crippen LogP contribution is 2.32. The Hall–Kier alpha value is -2.24. The second-order valence-corrected chi connectivity index (χ2v) is 6.73. The Labute approximate surface area is 147 Å². The maximum absolute atomic E-state index is 12.1. The van der Waals surface area contributed by atoms with Crippen LogP contribution in [0, 0.1) is 5.92 Å². The highest BCUT2D eigenvalue weighted by atomic mass is 16.7. The van der Waals surface area contributed by atoms with Crippen LogP contribution < -0.4 is 14.8 Å². The van der Waals surface area contributed by atoms with Gasteiger partial charge in [-0.05, 0) is 37.0 Å². The molecule has 1 aromatic carbocycles. The van der Waals surface area contributed by atoms with Crippen LogP contribution in [0.3, 0.4) is 0 Å². The van der Waals surface area contributed by atoms with E-state index < -0.39 is 6.10 Å². The van der Waals surface area contributed by atoms with Crippen molar-refractivity contribution in [2.24, 2.45) is 5.92 Å². The number of rotatable bonds is 7. The summed E-state index contributed by atoms with van der Waals surface area (Å²) in [5, 5.41) is 2.78. The Balaban J connectivity index is 1.39. The van der Waals surface area contributed by atoms with Gasteiger partial charge in [-0.15, -0.1) is 0 Å². The van der Waals surface area contributed by atoms with Crippen LogP contribution in [0.1, 0.15) is 51.0 Å². The van der Waals surface area contributed by atoms with Crippen LogP contribution in [-0.2, 0) is 20.9 Å². The Morgan fingerprint density at radius 2 is 2.00 bits per heavy atom. The van der Waals surface area contributed by atoms with Crippen molar-refractivity contribution >= 4 is 11.9 Å². The summed E-state index contributed by atoms with van der Waals surface area (Å²) >= 11 is 0. The molecule has 1 amide bonds. The van der Waals surface area contributed by atoms with Crippen LogP contribution in [0.2, 0.25) is 0 Å². The molecule has 6 nitrogen and oxygen atoms in total. The maximum atomic E-state index is 12.1. The van der Waals surface area contributed by atoms with Gasteiger partial charge in [-0.1, -0.05) is 31.7 Å². The molecule has 1 N–H and O–H groups in total. The number of hydrogen-bond acceptors (Lipinski definition) is 5. The summed E-state index contributed by atoms with van der Waals surface area (Å²) in [6.45, 7) is 2.17. The lowest BCUT2D eigenvalue weighted by atomic mass is 10.0. The van der Waals surface area contributed by atoms with E-state index in [1.807, 2.05) is 18.2 Å². The smallest absolute Gasteiger partial charge is 0.306 e. The monoisotopic (exact) mass is 347 g/mol. The van der Waals surface area contributed by atoms with Crippen molar-refractivity contribution in [3.05, 3.63) is 23.8 Å². The van der Waals surface area contributed by atoms with Crippen molar-refractivity contribution < 1.29 is 23.8 Å². The highest BCUT2D eigenvalue weighted by Gasteiger charge is 2.21. The average molecular weight is 347 g/mol. The van der Waals surface area contributed by atoms with E-state index in [2.05, 4.69) is 5.32 Å². The number of amides is 1. The summed E-state index contributed by atoms with van der Waals surface area (Å²) < 4.78 is 15.8. The number of hydrogen-bond donors (Lipinski definition) is 1. The summed E-state index contributed by atoms with van der Waals surface area (Å²) in [7, 11) is 0. The number of ether oxygens (including phenoxy) is 3. The lowest BCUT2D eigenvalue weighted by Crippen LogP contribution is -2.35. The molecule has 0 spiro atoms. The third-order valence-corrected chi connectivity index (χ3v) is 4.81. The molecule has 25 heavy (non-hydrogen) atoms. The molecule has 1 heterocycles. The Bertz CT molecular complexity index is 624. The average Bonchev–Trinajstić information content (AvgIpc) is 3.28. The van der Waals surface area contributed by atoms with Gasteiger partial charge in [0.25, 0.3) is 5.91 Å². The summed E-state index contributed by atoms with van der Waals surface area (Å²) in [4.78, 5) is 24.0. The standard InChI is InChI=1S/C19H25NO5/c1-13(25-18(21)9-7-14-4-2-3-5-14)19(22)20-11-15-6-8-16-17(10-15)24-12-23-16/h6,8,10,13-14H,2-5,7,9,11-12H2,1H3,(H,20,22)/t13-/m0/s1. The molecule has 0 unspecified atom stereocenters. The number of carbonyl (C=O) groups is 2. The van der Waals surface area contributed by atoms with Gasteiger partial charge in [-0.3, -0.25) is 9.59 Å². The van der Waals surface area contributed by atoms with Crippen LogP contribution in [-0.4, -0.2) is 24.8 Å². The summed E-state index contributed by atoms with van der Waals surface area (Å²) in [6, 6.07) is 5.52. The molecule has 0 aromatic heterocycles. The molecule has 6 heteroatoms. The fourth-order valence-electron chi connectivity index (χ4n) is 3.31. The van der Waals surface area contributed by atoms with Crippen molar-refractivity contribution in [3.63, 3.8) is 0 Å². The first-order valence-corrected chi connectivity index (χ1v) is 8.97. The molecule has 3 rings (SSSR count). The SMILES string of the molecule is C[C@H](OC(=O)CCC1CCCC1)C(=O)NCc1ccc2c(c1)OCO2. The van der Waals surface area contributed by atoms with E-state index >= 15 is 0 Å². The summed E-state index contributed by atoms with van der Waals surface area (Å²) in [5.41, 5.74) is 0.900. The van der Waals surface area contributed by atoms with Gasteiger partial charge in [0.2, 0.25) is 6.79 Å². The van der Waals surface area contributed by atoms with Gasteiger partial charge >= 0.3 is 5.97 Å². The predicted molar refractivity (Wildman–Crippen MR) is 91.2 cm³/mol. The van der Waals surface area contributed by atoms with E-state index in [4.69, 9.17) is 14.2 Å². The van der Waals surface area contributed by atoms with E-state index in [0.717, 1.165) is 12.0 Å². The van der Waals surface area contributed by atoms with Gasteiger partial charge in [0.15, 0.2) is 17.6 Å². The highest BCUT2D eigenvalue weighted by molar-refractivity contribution is 5.83. The normalized spacial score (nSPS) is 17.3. The molecule has 1 fully saturated rings. The number of esters is 1. The Morgan fingerprint density at radius 3 is 2.80 bits per heavy atom. The Morgan fingerprint density at radius 1 is 1.24 bits per heavy atom. The van der Waals surface area contributed by atoms with Gasteiger partial charge in [0, 0.05) is 13.0 Å². The molecule has 1 aliphatic heterocycles. The third kappa shape index (κ3) is 4.87. The quantitative estimate of drug-likeness (QED) is 0.768. The molecule has 1 aliphatic carbocycles. The molecule has 1 saturated carbocycles. The van der Waals surface area contributed by atoms with Gasteiger partial charge in [0.1, 0.15) is 0 Å². The summed E-state index contributed by atoms with van der Waals surface area (Å²) in [6.07, 6.45) is 5.41. The fraction of sp³-hybridized carbons (Fsp3) is 0.579. The minimum absolute atomic E-state index is 0.221. The minimum atomic E-state index is -0.787. The second-order valence-electron chi connectivity index (χ2n) is 6.73. The number of benzene rings is 1. The molecule has 0 radical (unpaired) electrons. The lowest BCUT2D eigenvalue weighted by molar-refractivity contribution is -0.155. The molecule has 136 valence electrons. The largest absolute Gasteiger partial charge is 0.454 e. The van der Waals surface area contributed by atoms with Gasteiger partial charge in [-0.25, -0.2) is 0 Å². The first kappa shape index (κ1) is 17.6. The first-order valence-electron chi connectivity index (χ1n) is 8.97. The third-order valence-electron chi connectivity index (χ3n) is 4.81. The topological polar surface area (TPSA) is 73.9 Å². The Kier molecular flexibility index (Phi) is 5.79. The zero-order valence-electron chi connectivity index (χ0n) is 14.6.